The lowest BCUT2D eigenvalue weighted by Gasteiger charge is -2.29. The van der Waals surface area contributed by atoms with Crippen molar-refractivity contribution >= 4 is 46.2 Å². The first-order valence-corrected chi connectivity index (χ1v) is 14.2. The van der Waals surface area contributed by atoms with E-state index in [2.05, 4.69) is 45.0 Å². The molecule has 0 aliphatic carbocycles. The van der Waals surface area contributed by atoms with Crippen molar-refractivity contribution in [2.24, 2.45) is 5.41 Å². The number of aromatic nitrogens is 2. The average molecular weight is 588 g/mol. The molecule has 0 unspecified atom stereocenters. The van der Waals surface area contributed by atoms with Crippen LogP contribution in [0.2, 0.25) is 5.02 Å². The minimum atomic E-state index is -0.546. The van der Waals surface area contributed by atoms with Crippen molar-refractivity contribution in [3.05, 3.63) is 101 Å². The lowest BCUT2D eigenvalue weighted by Crippen LogP contribution is -2.30. The smallest absolute Gasteiger partial charge is 0.229 e. The SMILES string of the molecule is COc1cc(N2C(=S)N[C@@H](c3ccccn3)[C@@H]2c2cc(C)n(-c3ccccc3Cl)c2C)ccc1NC(=O)C(C)(C)C. The second-order valence-electron chi connectivity index (χ2n) is 11.2. The van der Waals surface area contributed by atoms with Crippen LogP contribution in [0.25, 0.3) is 5.69 Å². The van der Waals surface area contributed by atoms with Crippen LogP contribution in [0, 0.1) is 19.3 Å². The maximum absolute atomic E-state index is 12.7. The van der Waals surface area contributed by atoms with Gasteiger partial charge in [0.15, 0.2) is 5.11 Å². The first-order valence-electron chi connectivity index (χ1n) is 13.4. The van der Waals surface area contributed by atoms with Gasteiger partial charge in [0, 0.05) is 34.8 Å². The molecule has 2 aromatic heterocycles. The molecule has 1 aliphatic heterocycles. The number of nitrogens with zero attached hydrogens (tertiary/aromatic N) is 3. The van der Waals surface area contributed by atoms with Crippen molar-refractivity contribution in [3.8, 4) is 11.4 Å². The highest BCUT2D eigenvalue weighted by atomic mass is 35.5. The third kappa shape index (κ3) is 5.42. The van der Waals surface area contributed by atoms with E-state index in [4.69, 9.17) is 28.6 Å². The number of nitrogens with one attached hydrogen (secondary N) is 2. The van der Waals surface area contributed by atoms with E-state index in [1.807, 2.05) is 81.4 Å². The molecule has 0 radical (unpaired) electrons. The van der Waals surface area contributed by atoms with Gasteiger partial charge in [-0.2, -0.15) is 0 Å². The number of halogens is 1. The lowest BCUT2D eigenvalue weighted by atomic mass is 9.95. The first kappa shape index (κ1) is 28.6. The molecule has 1 amide bonds. The van der Waals surface area contributed by atoms with Crippen molar-refractivity contribution in [2.75, 3.05) is 17.3 Å². The summed E-state index contributed by atoms with van der Waals surface area (Å²) in [6.07, 6.45) is 1.79. The fraction of sp³-hybridized carbons (Fsp3) is 0.281. The Bertz CT molecular complexity index is 1610. The zero-order valence-electron chi connectivity index (χ0n) is 24.0. The van der Waals surface area contributed by atoms with Gasteiger partial charge in [-0.3, -0.25) is 9.78 Å². The topological polar surface area (TPSA) is 71.4 Å². The summed E-state index contributed by atoms with van der Waals surface area (Å²) in [4.78, 5) is 19.5. The van der Waals surface area contributed by atoms with Crippen molar-refractivity contribution < 1.29 is 9.53 Å². The summed E-state index contributed by atoms with van der Waals surface area (Å²) in [5, 5.41) is 7.77. The third-order valence-corrected chi connectivity index (χ3v) is 8.01. The van der Waals surface area contributed by atoms with Gasteiger partial charge in [-0.25, -0.2) is 0 Å². The lowest BCUT2D eigenvalue weighted by molar-refractivity contribution is -0.123. The van der Waals surface area contributed by atoms with E-state index in [9.17, 15) is 4.79 Å². The van der Waals surface area contributed by atoms with E-state index in [1.165, 1.54) is 0 Å². The van der Waals surface area contributed by atoms with Crippen LogP contribution in [0.3, 0.4) is 0 Å². The number of para-hydroxylation sites is 1. The molecule has 0 bridgehead atoms. The van der Waals surface area contributed by atoms with Crippen molar-refractivity contribution in [3.63, 3.8) is 0 Å². The van der Waals surface area contributed by atoms with Gasteiger partial charge in [-0.05, 0) is 74.1 Å². The Morgan fingerprint density at radius 1 is 1.07 bits per heavy atom. The quantitative estimate of drug-likeness (QED) is 0.230. The van der Waals surface area contributed by atoms with Gasteiger partial charge >= 0.3 is 0 Å². The highest BCUT2D eigenvalue weighted by Crippen LogP contribution is 2.45. The number of carbonyl (C=O) groups is 1. The minimum Gasteiger partial charge on any atom is -0.494 e. The summed E-state index contributed by atoms with van der Waals surface area (Å²) in [6.45, 7) is 9.81. The molecule has 2 atom stereocenters. The molecule has 41 heavy (non-hydrogen) atoms. The van der Waals surface area contributed by atoms with Crippen molar-refractivity contribution in [1.29, 1.82) is 0 Å². The summed E-state index contributed by atoms with van der Waals surface area (Å²) in [5.74, 6) is 0.450. The number of pyridine rings is 1. The fourth-order valence-electron chi connectivity index (χ4n) is 5.28. The Hall–Kier alpha value is -3.88. The molecular formula is C32H34ClN5O2S. The number of ether oxygens (including phenoxy) is 1. The van der Waals surface area contributed by atoms with E-state index >= 15 is 0 Å². The highest BCUT2D eigenvalue weighted by Gasteiger charge is 2.42. The second kappa shape index (κ2) is 11.2. The normalized spacial score (nSPS) is 17.0. The van der Waals surface area contributed by atoms with Gasteiger partial charge in [-0.15, -0.1) is 0 Å². The molecule has 7 nitrogen and oxygen atoms in total. The molecule has 1 aliphatic rings. The van der Waals surface area contributed by atoms with E-state index < -0.39 is 5.41 Å². The zero-order valence-corrected chi connectivity index (χ0v) is 25.6. The number of thiocarbonyl (C=S) groups is 1. The van der Waals surface area contributed by atoms with Gasteiger partial charge in [0.1, 0.15) is 5.75 Å². The molecule has 2 N–H and O–H groups in total. The van der Waals surface area contributed by atoms with E-state index in [0.29, 0.717) is 21.6 Å². The number of aryl methyl sites for hydroxylation is 1. The number of amides is 1. The maximum Gasteiger partial charge on any atom is 0.229 e. The molecule has 5 rings (SSSR count). The summed E-state index contributed by atoms with van der Waals surface area (Å²) in [5.41, 5.74) is 5.89. The molecule has 4 aromatic rings. The second-order valence-corrected chi connectivity index (χ2v) is 12.0. The number of benzene rings is 2. The summed E-state index contributed by atoms with van der Waals surface area (Å²) >= 11 is 12.6. The van der Waals surface area contributed by atoms with E-state index in [1.54, 1.807) is 13.3 Å². The molecule has 9 heteroatoms. The van der Waals surface area contributed by atoms with Crippen LogP contribution in [-0.2, 0) is 4.79 Å². The molecular weight excluding hydrogens is 554 g/mol. The Kier molecular flexibility index (Phi) is 7.81. The molecule has 1 saturated heterocycles. The van der Waals surface area contributed by atoms with Gasteiger partial charge in [0.25, 0.3) is 0 Å². The molecule has 212 valence electrons. The zero-order chi connectivity index (χ0) is 29.5. The Balaban J connectivity index is 1.64. The molecule has 3 heterocycles. The first-order chi connectivity index (χ1) is 19.5. The van der Waals surface area contributed by atoms with Crippen LogP contribution >= 0.6 is 23.8 Å². The van der Waals surface area contributed by atoms with E-state index in [0.717, 1.165) is 34.0 Å². The largest absolute Gasteiger partial charge is 0.494 e. The number of hydrogen-bond donors (Lipinski definition) is 2. The Morgan fingerprint density at radius 2 is 1.80 bits per heavy atom. The van der Waals surface area contributed by atoms with Crippen molar-refractivity contribution in [1.82, 2.24) is 14.9 Å². The molecule has 2 aromatic carbocycles. The number of rotatable bonds is 6. The summed E-state index contributed by atoms with van der Waals surface area (Å²) < 4.78 is 7.91. The van der Waals surface area contributed by atoms with Crippen LogP contribution < -0.4 is 20.3 Å². The Labute approximate surface area is 251 Å². The number of methoxy groups -OCH3 is 1. The van der Waals surface area contributed by atoms with Gasteiger partial charge < -0.3 is 24.8 Å². The van der Waals surface area contributed by atoms with Crippen LogP contribution in [-0.4, -0.2) is 27.7 Å². The standard InChI is InChI=1S/C32H34ClN5O2S/c1-19-17-22(20(2)37(19)26-13-8-7-11-23(26)33)29-28(25-12-9-10-16-34-25)36-31(41)38(29)21-14-15-24(27(18-21)40-6)35-30(39)32(3,4)5/h7-18,28-29H,1-6H3,(H,35,39)(H,36,41)/t28-,29-/m0/s1. The van der Waals surface area contributed by atoms with Crippen LogP contribution in [0.15, 0.2) is 72.9 Å². The monoisotopic (exact) mass is 587 g/mol. The fourth-order valence-corrected chi connectivity index (χ4v) is 5.85. The molecule has 0 saturated carbocycles. The maximum atomic E-state index is 12.7. The average Bonchev–Trinajstić information content (AvgIpc) is 3.44. The van der Waals surface area contributed by atoms with Crippen LogP contribution in [0.1, 0.15) is 55.5 Å². The van der Waals surface area contributed by atoms with Gasteiger partial charge in [0.2, 0.25) is 5.91 Å². The Morgan fingerprint density at radius 3 is 2.46 bits per heavy atom. The predicted molar refractivity (Wildman–Crippen MR) is 169 cm³/mol. The van der Waals surface area contributed by atoms with Gasteiger partial charge in [-0.1, -0.05) is 50.6 Å². The number of hydrogen-bond acceptors (Lipinski definition) is 4. The van der Waals surface area contributed by atoms with Gasteiger partial charge in [0.05, 0.1) is 41.3 Å². The van der Waals surface area contributed by atoms with Crippen LogP contribution in [0.5, 0.6) is 5.75 Å². The third-order valence-electron chi connectivity index (χ3n) is 7.37. The summed E-state index contributed by atoms with van der Waals surface area (Å²) in [7, 11) is 1.60. The molecule has 0 spiro atoms. The van der Waals surface area contributed by atoms with E-state index in [-0.39, 0.29) is 18.0 Å². The highest BCUT2D eigenvalue weighted by molar-refractivity contribution is 7.80. The number of carbonyl (C=O) groups excluding carboxylic acids is 1. The summed E-state index contributed by atoms with van der Waals surface area (Å²) in [6, 6.07) is 21.2. The molecule has 1 fully saturated rings. The predicted octanol–water partition coefficient (Wildman–Crippen LogP) is 7.31. The minimum absolute atomic E-state index is 0.0954. The van der Waals surface area contributed by atoms with Crippen LogP contribution in [0.4, 0.5) is 11.4 Å². The van der Waals surface area contributed by atoms with Crippen molar-refractivity contribution in [2.45, 2.75) is 46.7 Å². The number of anilines is 2.